The van der Waals surface area contributed by atoms with Gasteiger partial charge in [-0.1, -0.05) is 36.7 Å². The smallest absolute Gasteiger partial charge is 0.108 e. The zero-order valence-corrected chi connectivity index (χ0v) is 10.4. The van der Waals surface area contributed by atoms with Crippen LogP contribution in [0.2, 0.25) is 5.02 Å². The normalized spacial score (nSPS) is 12.6. The molecule has 1 heterocycles. The minimum absolute atomic E-state index is 0.141. The van der Waals surface area contributed by atoms with Gasteiger partial charge in [-0.05, 0) is 17.7 Å². The number of hydrazine groups is 1. The average molecular weight is 251 g/mol. The minimum atomic E-state index is -0.141. The van der Waals surface area contributed by atoms with Crippen molar-refractivity contribution in [1.82, 2.24) is 5.43 Å². The number of nitrogens with one attached hydrogen (secondary N) is 1. The number of halogens is 1. The highest BCUT2D eigenvalue weighted by molar-refractivity contribution is 6.31. The monoisotopic (exact) mass is 250 g/mol. The second kappa shape index (κ2) is 5.36. The van der Waals surface area contributed by atoms with Crippen LogP contribution in [0.4, 0.5) is 0 Å². The lowest BCUT2D eigenvalue weighted by Crippen LogP contribution is -2.29. The largest absolute Gasteiger partial charge is 0.469 e. The molecule has 1 atom stereocenters. The van der Waals surface area contributed by atoms with Crippen molar-refractivity contribution in [1.29, 1.82) is 0 Å². The molecule has 0 amide bonds. The van der Waals surface area contributed by atoms with Crippen LogP contribution in [0.3, 0.4) is 0 Å². The third kappa shape index (κ3) is 2.36. The number of rotatable bonds is 4. The van der Waals surface area contributed by atoms with Crippen LogP contribution in [-0.4, -0.2) is 0 Å². The first-order valence-electron chi connectivity index (χ1n) is 5.54. The Morgan fingerprint density at radius 1 is 1.29 bits per heavy atom. The first kappa shape index (κ1) is 12.2. The summed E-state index contributed by atoms with van der Waals surface area (Å²) in [5.74, 6) is 6.56. The lowest BCUT2D eigenvalue weighted by atomic mass is 9.99. The van der Waals surface area contributed by atoms with Gasteiger partial charge in [0, 0.05) is 17.0 Å². The van der Waals surface area contributed by atoms with E-state index in [1.807, 2.05) is 37.3 Å². The lowest BCUT2D eigenvalue weighted by molar-refractivity contribution is 0.502. The van der Waals surface area contributed by atoms with Gasteiger partial charge >= 0.3 is 0 Å². The molecule has 3 N–H and O–H groups in total. The summed E-state index contributed by atoms with van der Waals surface area (Å²) in [6, 6.07) is 9.43. The molecule has 0 aliphatic carbocycles. The standard InChI is InChI=1S/C13H15ClN2O/c1-2-12-10(7-8-17-12)13(16-15)9-5-3-4-6-11(9)14/h3-8,13,16H,2,15H2,1H3. The number of furan rings is 1. The highest BCUT2D eigenvalue weighted by Gasteiger charge is 2.19. The molecule has 0 fully saturated rings. The van der Waals surface area contributed by atoms with Crippen LogP contribution >= 0.6 is 11.6 Å². The number of aryl methyl sites for hydroxylation is 1. The molecule has 90 valence electrons. The molecule has 0 bridgehead atoms. The molecule has 4 heteroatoms. The van der Waals surface area contributed by atoms with Crippen LogP contribution in [0.5, 0.6) is 0 Å². The van der Waals surface area contributed by atoms with Gasteiger partial charge in [0.05, 0.1) is 12.3 Å². The van der Waals surface area contributed by atoms with Crippen molar-refractivity contribution < 1.29 is 4.42 Å². The molecule has 0 aliphatic heterocycles. The van der Waals surface area contributed by atoms with Crippen LogP contribution in [0, 0.1) is 0 Å². The molecule has 2 aromatic rings. The van der Waals surface area contributed by atoms with Crippen molar-refractivity contribution in [3.63, 3.8) is 0 Å². The predicted octanol–water partition coefficient (Wildman–Crippen LogP) is 3.05. The lowest BCUT2D eigenvalue weighted by Gasteiger charge is -2.17. The molecular weight excluding hydrogens is 236 g/mol. The third-order valence-electron chi connectivity index (χ3n) is 2.79. The summed E-state index contributed by atoms with van der Waals surface area (Å²) in [6.07, 6.45) is 2.50. The Kier molecular flexibility index (Phi) is 3.84. The Labute approximate surface area is 106 Å². The summed E-state index contributed by atoms with van der Waals surface area (Å²) < 4.78 is 5.42. The van der Waals surface area contributed by atoms with Gasteiger partial charge in [-0.3, -0.25) is 5.84 Å². The van der Waals surface area contributed by atoms with Gasteiger partial charge in [0.2, 0.25) is 0 Å². The van der Waals surface area contributed by atoms with E-state index in [9.17, 15) is 0 Å². The molecule has 1 unspecified atom stereocenters. The van der Waals surface area contributed by atoms with E-state index in [4.69, 9.17) is 21.9 Å². The number of hydrogen-bond acceptors (Lipinski definition) is 3. The Bertz CT molecular complexity index is 496. The average Bonchev–Trinajstić information content (AvgIpc) is 2.81. The zero-order chi connectivity index (χ0) is 12.3. The highest BCUT2D eigenvalue weighted by Crippen LogP contribution is 2.30. The molecule has 3 nitrogen and oxygen atoms in total. The predicted molar refractivity (Wildman–Crippen MR) is 68.7 cm³/mol. The van der Waals surface area contributed by atoms with E-state index in [1.165, 1.54) is 0 Å². The van der Waals surface area contributed by atoms with Gasteiger partial charge in [0.15, 0.2) is 0 Å². The van der Waals surface area contributed by atoms with Gasteiger partial charge in [0.1, 0.15) is 5.76 Å². The first-order chi connectivity index (χ1) is 8.27. The molecule has 0 saturated heterocycles. The fourth-order valence-electron chi connectivity index (χ4n) is 1.95. The molecule has 2 rings (SSSR count). The van der Waals surface area contributed by atoms with Crippen LogP contribution in [0.1, 0.15) is 29.9 Å². The van der Waals surface area contributed by atoms with Crippen molar-refractivity contribution in [2.75, 3.05) is 0 Å². The molecule has 1 aromatic carbocycles. The van der Waals surface area contributed by atoms with E-state index in [0.717, 1.165) is 23.3 Å². The van der Waals surface area contributed by atoms with Crippen molar-refractivity contribution in [3.05, 3.63) is 58.5 Å². The molecule has 17 heavy (non-hydrogen) atoms. The molecule has 0 radical (unpaired) electrons. The van der Waals surface area contributed by atoms with Crippen molar-refractivity contribution in [2.45, 2.75) is 19.4 Å². The second-order valence-electron chi connectivity index (χ2n) is 3.77. The zero-order valence-electron chi connectivity index (χ0n) is 9.61. The summed E-state index contributed by atoms with van der Waals surface area (Å²) in [5.41, 5.74) is 4.77. The second-order valence-corrected chi connectivity index (χ2v) is 4.18. The summed E-state index contributed by atoms with van der Waals surface area (Å²) >= 11 is 6.18. The van der Waals surface area contributed by atoms with E-state index < -0.39 is 0 Å². The fourth-order valence-corrected chi connectivity index (χ4v) is 2.20. The third-order valence-corrected chi connectivity index (χ3v) is 3.14. The van der Waals surface area contributed by atoms with E-state index >= 15 is 0 Å². The first-order valence-corrected chi connectivity index (χ1v) is 5.92. The topological polar surface area (TPSA) is 51.2 Å². The summed E-state index contributed by atoms with van der Waals surface area (Å²) in [7, 11) is 0. The molecule has 0 aliphatic rings. The van der Waals surface area contributed by atoms with Crippen LogP contribution in [-0.2, 0) is 6.42 Å². The van der Waals surface area contributed by atoms with Crippen molar-refractivity contribution in [3.8, 4) is 0 Å². The maximum absolute atomic E-state index is 6.18. The Morgan fingerprint density at radius 2 is 2.06 bits per heavy atom. The van der Waals surface area contributed by atoms with Gasteiger partial charge in [-0.25, -0.2) is 5.43 Å². The van der Waals surface area contributed by atoms with Gasteiger partial charge < -0.3 is 4.42 Å². The van der Waals surface area contributed by atoms with Crippen molar-refractivity contribution in [2.24, 2.45) is 5.84 Å². The van der Waals surface area contributed by atoms with Gasteiger partial charge in [-0.15, -0.1) is 0 Å². The van der Waals surface area contributed by atoms with Crippen LogP contribution < -0.4 is 11.3 Å². The van der Waals surface area contributed by atoms with Gasteiger partial charge in [0.25, 0.3) is 0 Å². The Balaban J connectivity index is 2.44. The van der Waals surface area contributed by atoms with E-state index in [0.29, 0.717) is 5.02 Å². The number of benzene rings is 1. The maximum atomic E-state index is 6.18. The van der Waals surface area contributed by atoms with Crippen LogP contribution in [0.25, 0.3) is 0 Å². The summed E-state index contributed by atoms with van der Waals surface area (Å²) in [5, 5.41) is 0.693. The molecule has 0 spiro atoms. The molecule has 1 aromatic heterocycles. The van der Waals surface area contributed by atoms with E-state index in [2.05, 4.69) is 5.43 Å². The van der Waals surface area contributed by atoms with E-state index in [-0.39, 0.29) is 6.04 Å². The minimum Gasteiger partial charge on any atom is -0.469 e. The summed E-state index contributed by atoms with van der Waals surface area (Å²) in [4.78, 5) is 0. The van der Waals surface area contributed by atoms with Gasteiger partial charge in [-0.2, -0.15) is 0 Å². The summed E-state index contributed by atoms with van der Waals surface area (Å²) in [6.45, 7) is 2.04. The number of nitrogens with two attached hydrogens (primary N) is 1. The molecular formula is C13H15ClN2O. The van der Waals surface area contributed by atoms with Crippen molar-refractivity contribution >= 4 is 11.6 Å². The Morgan fingerprint density at radius 3 is 2.71 bits per heavy atom. The number of hydrogen-bond donors (Lipinski definition) is 2. The SMILES string of the molecule is CCc1occc1C(NN)c1ccccc1Cl. The molecule has 0 saturated carbocycles. The quantitative estimate of drug-likeness (QED) is 0.648. The van der Waals surface area contributed by atoms with E-state index in [1.54, 1.807) is 6.26 Å². The fraction of sp³-hybridized carbons (Fsp3) is 0.231. The Hall–Kier alpha value is -1.29. The highest BCUT2D eigenvalue weighted by atomic mass is 35.5. The maximum Gasteiger partial charge on any atom is 0.108 e. The van der Waals surface area contributed by atoms with Crippen LogP contribution in [0.15, 0.2) is 41.0 Å².